The topological polar surface area (TPSA) is 35.5 Å². The van der Waals surface area contributed by atoms with Crippen LogP contribution in [0.1, 0.15) is 66.2 Å². The van der Waals surface area contributed by atoms with E-state index in [1.807, 2.05) is 13.8 Å². The Kier molecular flexibility index (Phi) is 11.9. The lowest BCUT2D eigenvalue weighted by atomic mass is 10.3. The van der Waals surface area contributed by atoms with Gasteiger partial charge >= 0.3 is 7.60 Å². The van der Waals surface area contributed by atoms with Crippen molar-refractivity contribution in [2.75, 3.05) is 19.4 Å². The number of unbranched alkanes of at least 4 members (excludes halogenated alkanes) is 4. The Hall–Kier alpha value is 0.180. The minimum atomic E-state index is -3.10. The van der Waals surface area contributed by atoms with Crippen LogP contribution in [-0.4, -0.2) is 19.4 Å². The summed E-state index contributed by atoms with van der Waals surface area (Å²) in [4.78, 5) is 0. The second-order valence-corrected chi connectivity index (χ2v) is 7.77. The molecule has 0 aliphatic heterocycles. The largest absolute Gasteiger partial charge is 0.335 e. The monoisotopic (exact) mass is 324 g/mol. The fourth-order valence-electron chi connectivity index (χ4n) is 1.57. The second-order valence-electron chi connectivity index (χ2n) is 5.25. The number of halogens is 1. The highest BCUT2D eigenvalue weighted by Gasteiger charge is 2.26. The molecule has 0 aliphatic carbocycles. The van der Waals surface area contributed by atoms with Gasteiger partial charge in [0.25, 0.3) is 0 Å². The van der Waals surface area contributed by atoms with Crippen LogP contribution in [0.4, 0.5) is 0 Å². The Labute approximate surface area is 129 Å². The highest BCUT2D eigenvalue weighted by molar-refractivity contribution is 7.54. The molecular weight excluding hydrogens is 295 g/mol. The molecule has 0 saturated heterocycles. The maximum atomic E-state index is 12.7. The average molecular weight is 325 g/mol. The number of allylic oxidation sites excluding steroid dienone is 2. The Morgan fingerprint density at radius 2 is 1.40 bits per heavy atom. The number of hydrogen-bond acceptors (Lipinski definition) is 3. The lowest BCUT2D eigenvalue weighted by Crippen LogP contribution is -2.04. The van der Waals surface area contributed by atoms with Crippen molar-refractivity contribution in [1.82, 2.24) is 0 Å². The summed E-state index contributed by atoms with van der Waals surface area (Å²) in [6.07, 6.45) is 6.38. The van der Waals surface area contributed by atoms with Gasteiger partial charge in [0, 0.05) is 5.03 Å². The first kappa shape index (κ1) is 20.2. The molecule has 0 bridgehead atoms. The molecule has 20 heavy (non-hydrogen) atoms. The quantitative estimate of drug-likeness (QED) is 0.320. The summed E-state index contributed by atoms with van der Waals surface area (Å²) >= 11 is 6.13. The fourth-order valence-corrected chi connectivity index (χ4v) is 3.74. The van der Waals surface area contributed by atoms with Gasteiger partial charge in [-0.3, -0.25) is 4.57 Å². The van der Waals surface area contributed by atoms with Crippen molar-refractivity contribution in [3.63, 3.8) is 0 Å². The zero-order valence-corrected chi connectivity index (χ0v) is 15.1. The van der Waals surface area contributed by atoms with Crippen molar-refractivity contribution in [3.8, 4) is 0 Å². The zero-order valence-electron chi connectivity index (χ0n) is 13.4. The Balaban J connectivity index is 4.42. The van der Waals surface area contributed by atoms with Crippen LogP contribution in [0.15, 0.2) is 10.6 Å². The van der Waals surface area contributed by atoms with E-state index in [-0.39, 0.29) is 6.16 Å². The van der Waals surface area contributed by atoms with Crippen molar-refractivity contribution < 1.29 is 13.6 Å². The van der Waals surface area contributed by atoms with Gasteiger partial charge in [0.2, 0.25) is 0 Å². The van der Waals surface area contributed by atoms with Crippen LogP contribution < -0.4 is 0 Å². The molecular formula is C15H30ClO3P. The van der Waals surface area contributed by atoms with E-state index in [9.17, 15) is 4.57 Å². The van der Waals surface area contributed by atoms with E-state index in [1.165, 1.54) is 0 Å². The van der Waals surface area contributed by atoms with Crippen LogP contribution >= 0.6 is 19.2 Å². The molecule has 0 aliphatic rings. The highest BCUT2D eigenvalue weighted by Crippen LogP contribution is 2.51. The smallest absolute Gasteiger partial charge is 0.308 e. The summed E-state index contributed by atoms with van der Waals surface area (Å²) < 4.78 is 23.8. The van der Waals surface area contributed by atoms with Gasteiger partial charge in [0.1, 0.15) is 0 Å². The summed E-state index contributed by atoms with van der Waals surface area (Å²) in [5.41, 5.74) is 0.959. The molecule has 0 fully saturated rings. The molecule has 0 aromatic rings. The molecule has 0 heterocycles. The molecule has 0 amide bonds. The van der Waals surface area contributed by atoms with Crippen LogP contribution in [0, 0.1) is 0 Å². The predicted molar refractivity (Wildman–Crippen MR) is 87.7 cm³/mol. The van der Waals surface area contributed by atoms with Crippen molar-refractivity contribution in [3.05, 3.63) is 10.6 Å². The van der Waals surface area contributed by atoms with Crippen LogP contribution in [0.3, 0.4) is 0 Å². The zero-order chi connectivity index (χ0) is 15.4. The van der Waals surface area contributed by atoms with E-state index in [0.29, 0.717) is 18.2 Å². The third kappa shape index (κ3) is 9.99. The van der Waals surface area contributed by atoms with Gasteiger partial charge < -0.3 is 9.05 Å². The van der Waals surface area contributed by atoms with Gasteiger partial charge in [0.15, 0.2) is 0 Å². The Morgan fingerprint density at radius 3 is 1.75 bits per heavy atom. The fraction of sp³-hybridized carbons (Fsp3) is 0.867. The van der Waals surface area contributed by atoms with E-state index >= 15 is 0 Å². The van der Waals surface area contributed by atoms with Crippen molar-refractivity contribution >= 4 is 19.2 Å². The summed E-state index contributed by atoms with van der Waals surface area (Å²) in [5.74, 6) is 0. The lowest BCUT2D eigenvalue weighted by molar-refractivity contribution is 0.200. The van der Waals surface area contributed by atoms with E-state index in [4.69, 9.17) is 20.6 Å². The molecule has 0 unspecified atom stereocenters. The van der Waals surface area contributed by atoms with Crippen LogP contribution in [0.5, 0.6) is 0 Å². The maximum absolute atomic E-state index is 12.7. The van der Waals surface area contributed by atoms with Crippen molar-refractivity contribution in [1.29, 1.82) is 0 Å². The Morgan fingerprint density at radius 1 is 0.950 bits per heavy atom. The molecule has 0 radical (unpaired) electrons. The van der Waals surface area contributed by atoms with E-state index in [2.05, 4.69) is 13.8 Å². The summed E-state index contributed by atoms with van der Waals surface area (Å²) in [5, 5.41) is 0.583. The van der Waals surface area contributed by atoms with Gasteiger partial charge in [0.05, 0.1) is 19.4 Å². The SMILES string of the molecule is CCCCCOP(=O)(CC(Cl)=C(C)C)OCCCCC. The van der Waals surface area contributed by atoms with Crippen molar-refractivity contribution in [2.45, 2.75) is 66.2 Å². The van der Waals surface area contributed by atoms with Gasteiger partial charge in [-0.25, -0.2) is 0 Å². The van der Waals surface area contributed by atoms with Gasteiger partial charge in [-0.05, 0) is 26.7 Å². The summed E-state index contributed by atoms with van der Waals surface area (Å²) in [6.45, 7) is 9.01. The number of rotatable bonds is 12. The average Bonchev–Trinajstić information content (AvgIpc) is 2.40. The normalized spacial score (nSPS) is 11.7. The molecule has 5 heteroatoms. The molecule has 0 rings (SSSR count). The maximum Gasteiger partial charge on any atom is 0.335 e. The summed E-state index contributed by atoms with van der Waals surface area (Å²) in [7, 11) is -3.10. The van der Waals surface area contributed by atoms with Gasteiger partial charge in [-0.15, -0.1) is 0 Å². The van der Waals surface area contributed by atoms with Crippen LogP contribution in [0.2, 0.25) is 0 Å². The number of hydrogen-bond donors (Lipinski definition) is 0. The lowest BCUT2D eigenvalue weighted by Gasteiger charge is -2.19. The first-order valence-electron chi connectivity index (χ1n) is 7.65. The molecule has 0 saturated carbocycles. The molecule has 0 aromatic carbocycles. The minimum absolute atomic E-state index is 0.190. The molecule has 0 aromatic heterocycles. The first-order chi connectivity index (χ1) is 9.45. The second kappa shape index (κ2) is 11.8. The van der Waals surface area contributed by atoms with Crippen LogP contribution in [0.25, 0.3) is 0 Å². The molecule has 0 atom stereocenters. The minimum Gasteiger partial charge on any atom is -0.308 e. The first-order valence-corrected chi connectivity index (χ1v) is 9.75. The van der Waals surface area contributed by atoms with Crippen LogP contribution in [-0.2, 0) is 13.6 Å². The van der Waals surface area contributed by atoms with Crippen molar-refractivity contribution in [2.24, 2.45) is 0 Å². The van der Waals surface area contributed by atoms with E-state index < -0.39 is 7.60 Å². The van der Waals surface area contributed by atoms with E-state index in [0.717, 1.165) is 44.1 Å². The standard InChI is InChI=1S/C15H30ClO3P/c1-5-7-9-11-18-20(17,13-15(16)14(3)4)19-12-10-8-6-2/h5-13H2,1-4H3. The molecule has 0 N–H and O–H groups in total. The third-order valence-electron chi connectivity index (χ3n) is 2.95. The highest BCUT2D eigenvalue weighted by atomic mass is 35.5. The third-order valence-corrected chi connectivity index (χ3v) is 5.50. The Bertz CT molecular complexity index is 309. The molecule has 120 valence electrons. The van der Waals surface area contributed by atoms with E-state index in [1.54, 1.807) is 0 Å². The van der Waals surface area contributed by atoms with Gasteiger partial charge in [-0.1, -0.05) is 56.7 Å². The predicted octanol–water partition coefficient (Wildman–Crippen LogP) is 6.13. The van der Waals surface area contributed by atoms with Gasteiger partial charge in [-0.2, -0.15) is 0 Å². The molecule has 3 nitrogen and oxygen atoms in total. The summed E-state index contributed by atoms with van der Waals surface area (Å²) in [6, 6.07) is 0. The molecule has 0 spiro atoms.